The van der Waals surface area contributed by atoms with Crippen molar-refractivity contribution in [3.8, 4) is 0 Å². The summed E-state index contributed by atoms with van der Waals surface area (Å²) in [5, 5.41) is 0. The Labute approximate surface area is 88.9 Å². The molecule has 78 valence electrons. The Hall–Kier alpha value is -0.450. The average molecular weight is 211 g/mol. The summed E-state index contributed by atoms with van der Waals surface area (Å²) in [5.74, 6) is 0. The second kappa shape index (κ2) is 3.61. The lowest BCUT2D eigenvalue weighted by Gasteiger charge is -2.26. The molecule has 4 heteroatoms. The molecule has 0 bridgehead atoms. The Balaban J connectivity index is 2.01. The topological polar surface area (TPSA) is 42.2 Å². The van der Waals surface area contributed by atoms with Crippen LogP contribution in [0.15, 0.2) is 5.51 Å². The van der Waals surface area contributed by atoms with Crippen LogP contribution < -0.4 is 5.73 Å². The van der Waals surface area contributed by atoms with Gasteiger partial charge in [0, 0.05) is 23.5 Å². The van der Waals surface area contributed by atoms with Gasteiger partial charge < -0.3 is 5.73 Å². The first-order valence-corrected chi connectivity index (χ1v) is 5.86. The summed E-state index contributed by atoms with van der Waals surface area (Å²) in [4.78, 5) is 8.01. The molecular weight excluding hydrogens is 194 g/mol. The van der Waals surface area contributed by atoms with Crippen LogP contribution in [0.5, 0.6) is 0 Å². The van der Waals surface area contributed by atoms with E-state index < -0.39 is 0 Å². The first-order chi connectivity index (χ1) is 6.68. The van der Waals surface area contributed by atoms with E-state index >= 15 is 0 Å². The molecule has 1 aliphatic carbocycles. The minimum absolute atomic E-state index is 0.302. The fourth-order valence-corrected chi connectivity index (χ4v) is 2.58. The summed E-state index contributed by atoms with van der Waals surface area (Å²) < 4.78 is 0. The van der Waals surface area contributed by atoms with Crippen molar-refractivity contribution in [3.63, 3.8) is 0 Å². The molecule has 1 saturated carbocycles. The molecule has 1 aliphatic rings. The lowest BCUT2D eigenvalue weighted by atomic mass is 10.2. The third-order valence-electron chi connectivity index (χ3n) is 3.24. The van der Waals surface area contributed by atoms with Crippen molar-refractivity contribution >= 4 is 11.3 Å². The van der Waals surface area contributed by atoms with Gasteiger partial charge in [0.15, 0.2) is 0 Å². The van der Waals surface area contributed by atoms with E-state index in [9.17, 15) is 0 Å². The molecule has 0 atom stereocenters. The van der Waals surface area contributed by atoms with Crippen molar-refractivity contribution in [1.29, 1.82) is 0 Å². The predicted octanol–water partition coefficient (Wildman–Crippen LogP) is 1.37. The van der Waals surface area contributed by atoms with E-state index in [0.717, 1.165) is 18.8 Å². The van der Waals surface area contributed by atoms with Gasteiger partial charge in [-0.3, -0.25) is 4.90 Å². The highest BCUT2D eigenvalue weighted by molar-refractivity contribution is 7.09. The van der Waals surface area contributed by atoms with Crippen LogP contribution in [-0.4, -0.2) is 29.0 Å². The number of hydrogen-bond acceptors (Lipinski definition) is 4. The molecule has 3 nitrogen and oxygen atoms in total. The normalized spacial score (nSPS) is 18.9. The smallest absolute Gasteiger partial charge is 0.0798 e. The Kier molecular flexibility index (Phi) is 2.60. The van der Waals surface area contributed by atoms with Gasteiger partial charge in [0.25, 0.3) is 0 Å². The minimum atomic E-state index is 0.302. The number of rotatable bonds is 4. The third-order valence-corrected chi connectivity index (χ3v) is 4.16. The maximum atomic E-state index is 5.78. The average Bonchev–Trinajstić information content (AvgIpc) is 2.89. The van der Waals surface area contributed by atoms with Gasteiger partial charge in [0.2, 0.25) is 0 Å². The molecular formula is C10H17N3S. The standard InChI is InChI=1S/C10H17N3S/c1-8-9(14-7-12-8)5-13(2)10(6-11)3-4-10/h7H,3-6,11H2,1-2H3. The number of aromatic nitrogens is 1. The predicted molar refractivity (Wildman–Crippen MR) is 59.3 cm³/mol. The third kappa shape index (κ3) is 1.69. The van der Waals surface area contributed by atoms with Crippen LogP contribution in [0, 0.1) is 6.92 Å². The molecule has 2 rings (SSSR count). The first-order valence-electron chi connectivity index (χ1n) is 4.98. The van der Waals surface area contributed by atoms with Gasteiger partial charge in [-0.2, -0.15) is 0 Å². The van der Waals surface area contributed by atoms with Crippen LogP contribution in [0.3, 0.4) is 0 Å². The van der Waals surface area contributed by atoms with Crippen LogP contribution in [0.2, 0.25) is 0 Å². The molecule has 0 spiro atoms. The molecule has 0 aromatic carbocycles. The summed E-state index contributed by atoms with van der Waals surface area (Å²) in [7, 11) is 2.17. The van der Waals surface area contributed by atoms with Gasteiger partial charge in [0.05, 0.1) is 11.2 Å². The fraction of sp³-hybridized carbons (Fsp3) is 0.700. The monoisotopic (exact) mass is 211 g/mol. The van der Waals surface area contributed by atoms with Crippen LogP contribution >= 0.6 is 11.3 Å². The zero-order chi connectivity index (χ0) is 10.2. The van der Waals surface area contributed by atoms with Gasteiger partial charge in [-0.25, -0.2) is 4.98 Å². The number of nitrogens with two attached hydrogens (primary N) is 1. The molecule has 0 aliphatic heterocycles. The summed E-state index contributed by atoms with van der Waals surface area (Å²) in [6.45, 7) is 3.84. The highest BCUT2D eigenvalue weighted by Gasteiger charge is 2.44. The van der Waals surface area contributed by atoms with Gasteiger partial charge in [0.1, 0.15) is 0 Å². The van der Waals surface area contributed by atoms with Crippen molar-refractivity contribution in [2.24, 2.45) is 5.73 Å². The SMILES string of the molecule is Cc1ncsc1CN(C)C1(CN)CC1. The molecule has 1 fully saturated rings. The van der Waals surface area contributed by atoms with E-state index in [1.165, 1.54) is 17.7 Å². The number of hydrogen-bond donors (Lipinski definition) is 1. The maximum Gasteiger partial charge on any atom is 0.0798 e. The Bertz CT molecular complexity index is 317. The molecule has 1 aromatic heterocycles. The zero-order valence-electron chi connectivity index (χ0n) is 8.79. The summed E-state index contributed by atoms with van der Waals surface area (Å²) in [6, 6.07) is 0. The molecule has 0 radical (unpaired) electrons. The highest BCUT2D eigenvalue weighted by Crippen LogP contribution is 2.40. The van der Waals surface area contributed by atoms with Crippen molar-refractivity contribution < 1.29 is 0 Å². The summed E-state index contributed by atoms with van der Waals surface area (Å²) in [6.07, 6.45) is 2.50. The van der Waals surface area contributed by atoms with E-state index in [0.29, 0.717) is 5.54 Å². The second-order valence-corrected chi connectivity index (χ2v) is 5.08. The highest BCUT2D eigenvalue weighted by atomic mass is 32.1. The maximum absolute atomic E-state index is 5.78. The van der Waals surface area contributed by atoms with Crippen molar-refractivity contribution in [3.05, 3.63) is 16.1 Å². The number of aryl methyl sites for hydroxylation is 1. The van der Waals surface area contributed by atoms with Gasteiger partial charge >= 0.3 is 0 Å². The molecule has 14 heavy (non-hydrogen) atoms. The van der Waals surface area contributed by atoms with E-state index in [-0.39, 0.29) is 0 Å². The molecule has 1 aromatic rings. The Morgan fingerprint density at radius 2 is 2.36 bits per heavy atom. The van der Waals surface area contributed by atoms with Crippen molar-refractivity contribution in [1.82, 2.24) is 9.88 Å². The van der Waals surface area contributed by atoms with Crippen LogP contribution in [0.1, 0.15) is 23.4 Å². The lowest BCUT2D eigenvalue weighted by molar-refractivity contribution is 0.220. The van der Waals surface area contributed by atoms with E-state index in [4.69, 9.17) is 5.73 Å². The quantitative estimate of drug-likeness (QED) is 0.818. The summed E-state index contributed by atoms with van der Waals surface area (Å²) >= 11 is 1.74. The van der Waals surface area contributed by atoms with Crippen LogP contribution in [0.4, 0.5) is 0 Å². The molecule has 0 unspecified atom stereocenters. The van der Waals surface area contributed by atoms with Crippen molar-refractivity contribution in [2.75, 3.05) is 13.6 Å². The van der Waals surface area contributed by atoms with E-state index in [2.05, 4.69) is 23.9 Å². The number of likely N-dealkylation sites (N-methyl/N-ethyl adjacent to an activating group) is 1. The number of thiazole rings is 1. The first kappa shape index (κ1) is 10.1. The van der Waals surface area contributed by atoms with Crippen molar-refractivity contribution in [2.45, 2.75) is 31.8 Å². The molecule has 1 heterocycles. The molecule has 0 amide bonds. The molecule has 2 N–H and O–H groups in total. The van der Waals surface area contributed by atoms with Gasteiger partial charge in [-0.1, -0.05) is 0 Å². The van der Waals surface area contributed by atoms with E-state index in [1.807, 2.05) is 5.51 Å². The molecule has 0 saturated heterocycles. The zero-order valence-corrected chi connectivity index (χ0v) is 9.60. The van der Waals surface area contributed by atoms with Crippen LogP contribution in [0.25, 0.3) is 0 Å². The fourth-order valence-electron chi connectivity index (χ4n) is 1.75. The van der Waals surface area contributed by atoms with Crippen LogP contribution in [-0.2, 0) is 6.54 Å². The van der Waals surface area contributed by atoms with E-state index in [1.54, 1.807) is 11.3 Å². The van der Waals surface area contributed by atoms with Gasteiger partial charge in [-0.15, -0.1) is 11.3 Å². The largest absolute Gasteiger partial charge is 0.329 e. The minimum Gasteiger partial charge on any atom is -0.329 e. The summed E-state index contributed by atoms with van der Waals surface area (Å²) in [5.41, 5.74) is 9.16. The second-order valence-electron chi connectivity index (χ2n) is 4.15. The lowest BCUT2D eigenvalue weighted by Crippen LogP contribution is -2.39. The van der Waals surface area contributed by atoms with Gasteiger partial charge in [-0.05, 0) is 26.8 Å². The Morgan fingerprint density at radius 3 is 2.79 bits per heavy atom. The Morgan fingerprint density at radius 1 is 1.64 bits per heavy atom. The number of nitrogens with zero attached hydrogens (tertiary/aromatic N) is 2.